The largest absolute Gasteiger partial charge is 0.510 e. The Morgan fingerprint density at radius 2 is 1.85 bits per heavy atom. The number of carboxylic acid groups (broad SMARTS) is 1. The molecule has 0 saturated carbocycles. The summed E-state index contributed by atoms with van der Waals surface area (Å²) in [5, 5.41) is 17.2. The molecular formula is C6H8O6S. The first-order valence-corrected chi connectivity index (χ1v) is 4.48. The number of aliphatic hydroxyl groups is 1. The van der Waals surface area contributed by atoms with Crippen LogP contribution in [0.2, 0.25) is 0 Å². The first kappa shape index (κ1) is 11.7. The van der Waals surface area contributed by atoms with Crippen LogP contribution in [0.25, 0.3) is 0 Å². The van der Waals surface area contributed by atoms with Crippen LogP contribution in [0.15, 0.2) is 23.3 Å². The Morgan fingerprint density at radius 3 is 2.08 bits per heavy atom. The highest BCUT2D eigenvalue weighted by Gasteiger charge is 2.26. The lowest BCUT2D eigenvalue weighted by Gasteiger charge is -2.00. The van der Waals surface area contributed by atoms with Gasteiger partial charge in [0.05, 0.1) is 0 Å². The van der Waals surface area contributed by atoms with Crippen LogP contribution < -0.4 is 0 Å². The van der Waals surface area contributed by atoms with Gasteiger partial charge in [-0.1, -0.05) is 6.08 Å². The minimum atomic E-state index is -4.90. The number of aliphatic carboxylic acids is 1. The van der Waals surface area contributed by atoms with Crippen molar-refractivity contribution in [3.05, 3.63) is 23.3 Å². The number of rotatable bonds is 4. The predicted octanol–water partition coefficient (Wildman–Crippen LogP) is 0.305. The second kappa shape index (κ2) is 4.06. The molecule has 0 aliphatic rings. The second-order valence-corrected chi connectivity index (χ2v) is 3.41. The van der Waals surface area contributed by atoms with Gasteiger partial charge in [-0.15, -0.1) is 6.58 Å². The molecule has 0 aromatic carbocycles. The van der Waals surface area contributed by atoms with Crippen molar-refractivity contribution in [3.63, 3.8) is 0 Å². The first-order valence-electron chi connectivity index (χ1n) is 3.04. The molecule has 74 valence electrons. The van der Waals surface area contributed by atoms with Crippen LogP contribution in [-0.4, -0.2) is 29.2 Å². The molecular weight excluding hydrogens is 200 g/mol. The standard InChI is InChI=1S/C6H8O6S/c1-2-3-4(7)5(6(8)9)13(10,11)12/h2,7H,1,3H2,(H,8,9)(H,10,11,12)/b5-4+. The summed E-state index contributed by atoms with van der Waals surface area (Å²) in [7, 11) is -4.90. The van der Waals surface area contributed by atoms with Crippen LogP contribution in [0.1, 0.15) is 6.42 Å². The average molecular weight is 208 g/mol. The molecule has 0 spiro atoms. The van der Waals surface area contributed by atoms with E-state index in [1.807, 2.05) is 0 Å². The Labute approximate surface area is 74.6 Å². The molecule has 0 aromatic rings. The summed E-state index contributed by atoms with van der Waals surface area (Å²) >= 11 is 0. The van der Waals surface area contributed by atoms with E-state index in [1.165, 1.54) is 0 Å². The minimum absolute atomic E-state index is 0.346. The van der Waals surface area contributed by atoms with Gasteiger partial charge in [0.15, 0.2) is 0 Å². The molecule has 6 nitrogen and oxygen atoms in total. The summed E-state index contributed by atoms with van der Waals surface area (Å²) in [5.41, 5.74) is 0. The van der Waals surface area contributed by atoms with Crippen LogP contribution in [0, 0.1) is 0 Å². The Bertz CT molecular complexity index is 349. The number of allylic oxidation sites excluding steroid dienone is 1. The topological polar surface area (TPSA) is 112 Å². The highest BCUT2D eigenvalue weighted by Crippen LogP contribution is 2.12. The second-order valence-electron chi connectivity index (χ2n) is 2.05. The van der Waals surface area contributed by atoms with E-state index in [4.69, 9.17) is 14.8 Å². The van der Waals surface area contributed by atoms with E-state index in [-0.39, 0.29) is 6.42 Å². The van der Waals surface area contributed by atoms with Gasteiger partial charge in [0.1, 0.15) is 5.76 Å². The van der Waals surface area contributed by atoms with E-state index in [0.29, 0.717) is 0 Å². The molecule has 0 unspecified atom stereocenters. The minimum Gasteiger partial charge on any atom is -0.510 e. The Morgan fingerprint density at radius 1 is 1.38 bits per heavy atom. The third-order valence-electron chi connectivity index (χ3n) is 1.05. The van der Waals surface area contributed by atoms with Crippen LogP contribution in [0.3, 0.4) is 0 Å². The molecule has 7 heteroatoms. The molecule has 0 saturated heterocycles. The fourth-order valence-electron chi connectivity index (χ4n) is 0.612. The Balaban J connectivity index is 5.39. The Kier molecular flexibility index (Phi) is 3.64. The Hall–Kier alpha value is -1.34. The van der Waals surface area contributed by atoms with Crippen molar-refractivity contribution in [2.45, 2.75) is 6.42 Å². The maximum Gasteiger partial charge on any atom is 0.353 e. The number of carbonyl (C=O) groups is 1. The van der Waals surface area contributed by atoms with Gasteiger partial charge >= 0.3 is 16.1 Å². The molecule has 3 N–H and O–H groups in total. The van der Waals surface area contributed by atoms with Gasteiger partial charge in [-0.25, -0.2) is 4.79 Å². The van der Waals surface area contributed by atoms with E-state index in [0.717, 1.165) is 6.08 Å². The number of hydrogen-bond donors (Lipinski definition) is 3. The molecule has 0 heterocycles. The van der Waals surface area contributed by atoms with E-state index < -0.39 is 26.8 Å². The summed E-state index contributed by atoms with van der Waals surface area (Å²) in [6.45, 7) is 3.16. The van der Waals surface area contributed by atoms with E-state index in [2.05, 4.69) is 6.58 Å². The lowest BCUT2D eigenvalue weighted by molar-refractivity contribution is -0.132. The number of carboxylic acids is 1. The smallest absolute Gasteiger partial charge is 0.353 e. The van der Waals surface area contributed by atoms with Crippen molar-refractivity contribution in [1.82, 2.24) is 0 Å². The van der Waals surface area contributed by atoms with Crippen molar-refractivity contribution in [2.24, 2.45) is 0 Å². The highest BCUT2D eigenvalue weighted by molar-refractivity contribution is 7.90. The summed E-state index contributed by atoms with van der Waals surface area (Å²) in [6.07, 6.45) is 0.755. The van der Waals surface area contributed by atoms with Crippen molar-refractivity contribution in [3.8, 4) is 0 Å². The van der Waals surface area contributed by atoms with Gasteiger partial charge in [0.25, 0.3) is 0 Å². The third-order valence-corrected chi connectivity index (χ3v) is 1.98. The molecule has 0 aliphatic carbocycles. The van der Waals surface area contributed by atoms with Crippen LogP contribution in [-0.2, 0) is 14.9 Å². The predicted molar refractivity (Wildman–Crippen MR) is 43.7 cm³/mol. The van der Waals surface area contributed by atoms with Crippen molar-refractivity contribution in [2.75, 3.05) is 0 Å². The van der Waals surface area contributed by atoms with Crippen molar-refractivity contribution in [1.29, 1.82) is 0 Å². The van der Waals surface area contributed by atoms with Gasteiger partial charge in [0.2, 0.25) is 4.91 Å². The van der Waals surface area contributed by atoms with Crippen molar-refractivity contribution >= 4 is 16.1 Å². The molecule has 0 atom stereocenters. The fourth-order valence-corrected chi connectivity index (χ4v) is 1.21. The fraction of sp³-hybridized carbons (Fsp3) is 0.167. The van der Waals surface area contributed by atoms with Gasteiger partial charge in [-0.05, 0) is 0 Å². The van der Waals surface area contributed by atoms with Gasteiger partial charge in [-0.3, -0.25) is 4.55 Å². The molecule has 0 aromatic heterocycles. The lowest BCUT2D eigenvalue weighted by Crippen LogP contribution is -2.14. The molecule has 0 radical (unpaired) electrons. The van der Waals surface area contributed by atoms with Crippen LogP contribution in [0.4, 0.5) is 0 Å². The zero-order valence-electron chi connectivity index (χ0n) is 6.47. The SMILES string of the molecule is C=CC/C(O)=C(/C(=O)O)S(=O)(=O)O. The highest BCUT2D eigenvalue weighted by atomic mass is 32.2. The molecule has 0 amide bonds. The molecule has 0 aliphatic heterocycles. The monoisotopic (exact) mass is 208 g/mol. The lowest BCUT2D eigenvalue weighted by atomic mass is 10.3. The molecule has 13 heavy (non-hydrogen) atoms. The maximum atomic E-state index is 10.4. The van der Waals surface area contributed by atoms with Crippen LogP contribution in [0.5, 0.6) is 0 Å². The summed E-state index contributed by atoms with van der Waals surface area (Å²) in [5.74, 6) is -2.87. The van der Waals surface area contributed by atoms with Crippen LogP contribution >= 0.6 is 0 Å². The normalized spacial score (nSPS) is 13.3. The summed E-state index contributed by atoms with van der Waals surface area (Å²) in [6, 6.07) is 0. The van der Waals surface area contributed by atoms with Crippen molar-refractivity contribution < 1.29 is 28.0 Å². The van der Waals surface area contributed by atoms with E-state index in [9.17, 15) is 13.2 Å². The average Bonchev–Trinajstić information content (AvgIpc) is 1.82. The van der Waals surface area contributed by atoms with E-state index in [1.54, 1.807) is 0 Å². The summed E-state index contributed by atoms with van der Waals surface area (Å²) in [4.78, 5) is 8.85. The van der Waals surface area contributed by atoms with E-state index >= 15 is 0 Å². The zero-order chi connectivity index (χ0) is 10.6. The number of aliphatic hydroxyl groups excluding tert-OH is 1. The summed E-state index contributed by atoms with van der Waals surface area (Å²) < 4.78 is 29.2. The molecule has 0 bridgehead atoms. The zero-order valence-corrected chi connectivity index (χ0v) is 7.28. The number of hydrogen-bond acceptors (Lipinski definition) is 4. The van der Waals surface area contributed by atoms with Gasteiger partial charge < -0.3 is 10.2 Å². The van der Waals surface area contributed by atoms with Gasteiger partial charge in [-0.2, -0.15) is 8.42 Å². The maximum absolute atomic E-state index is 10.4. The quantitative estimate of drug-likeness (QED) is 0.265. The molecule has 0 fully saturated rings. The third kappa shape index (κ3) is 3.26. The van der Waals surface area contributed by atoms with Gasteiger partial charge in [0, 0.05) is 6.42 Å². The molecule has 0 rings (SSSR count). The first-order chi connectivity index (χ1) is 5.80.